The van der Waals surface area contributed by atoms with Crippen molar-refractivity contribution < 1.29 is 14.0 Å². The Kier molecular flexibility index (Phi) is 6.65. The molecule has 2 atom stereocenters. The summed E-state index contributed by atoms with van der Waals surface area (Å²) in [6.07, 6.45) is 0. The van der Waals surface area contributed by atoms with Crippen LogP contribution >= 0.6 is 0 Å². The van der Waals surface area contributed by atoms with Gasteiger partial charge in [0.1, 0.15) is 5.82 Å². The average Bonchev–Trinajstić information content (AvgIpc) is 2.61. The van der Waals surface area contributed by atoms with Crippen LogP contribution in [0.1, 0.15) is 31.0 Å². The summed E-state index contributed by atoms with van der Waals surface area (Å²) < 4.78 is 13.8. The molecule has 0 fully saturated rings. The fourth-order valence-corrected chi connectivity index (χ4v) is 2.41. The number of amides is 3. The van der Waals surface area contributed by atoms with E-state index >= 15 is 0 Å². The van der Waals surface area contributed by atoms with Crippen molar-refractivity contribution in [3.63, 3.8) is 0 Å². The van der Waals surface area contributed by atoms with Crippen molar-refractivity contribution in [3.05, 3.63) is 71.5 Å². The molecule has 0 aliphatic carbocycles. The van der Waals surface area contributed by atoms with Gasteiger partial charge in [-0.3, -0.25) is 15.4 Å². The minimum absolute atomic E-state index is 0.327. The van der Waals surface area contributed by atoms with E-state index in [0.29, 0.717) is 12.1 Å². The van der Waals surface area contributed by atoms with Crippen LogP contribution in [0.15, 0.2) is 54.6 Å². The third-order valence-corrected chi connectivity index (χ3v) is 3.80. The molecule has 0 spiro atoms. The number of carbonyl (C=O) groups excluding carboxylic acids is 2. The zero-order chi connectivity index (χ0) is 18.2. The molecule has 0 saturated carbocycles. The second-order valence-electron chi connectivity index (χ2n) is 5.79. The van der Waals surface area contributed by atoms with Crippen LogP contribution < -0.4 is 16.0 Å². The Bertz CT molecular complexity index is 722. The SMILES string of the molecule is CC(NC(C)c1ccccc1F)C(=O)NC(=O)NCc1ccccc1. The van der Waals surface area contributed by atoms with Gasteiger partial charge in [0.25, 0.3) is 0 Å². The van der Waals surface area contributed by atoms with Crippen molar-refractivity contribution in [2.45, 2.75) is 32.5 Å². The number of imide groups is 1. The van der Waals surface area contributed by atoms with E-state index in [2.05, 4.69) is 16.0 Å². The van der Waals surface area contributed by atoms with Gasteiger partial charge in [0, 0.05) is 18.2 Å². The topological polar surface area (TPSA) is 70.2 Å². The molecule has 2 aromatic rings. The van der Waals surface area contributed by atoms with Crippen LogP contribution in [0, 0.1) is 5.82 Å². The highest BCUT2D eigenvalue weighted by atomic mass is 19.1. The normalized spacial score (nSPS) is 12.9. The second-order valence-corrected chi connectivity index (χ2v) is 5.79. The van der Waals surface area contributed by atoms with E-state index < -0.39 is 18.0 Å². The van der Waals surface area contributed by atoms with Crippen molar-refractivity contribution in [2.24, 2.45) is 0 Å². The van der Waals surface area contributed by atoms with Crippen molar-refractivity contribution in [1.29, 1.82) is 0 Å². The molecule has 0 radical (unpaired) electrons. The second kappa shape index (κ2) is 8.94. The molecule has 0 heterocycles. The van der Waals surface area contributed by atoms with E-state index in [4.69, 9.17) is 0 Å². The van der Waals surface area contributed by atoms with Crippen molar-refractivity contribution >= 4 is 11.9 Å². The smallest absolute Gasteiger partial charge is 0.321 e. The standard InChI is InChI=1S/C19H22FN3O2/c1-13(16-10-6-7-11-17(16)20)22-14(2)18(24)23-19(25)21-12-15-8-4-3-5-9-15/h3-11,13-14,22H,12H2,1-2H3,(H2,21,23,24,25). The van der Waals surface area contributed by atoms with Gasteiger partial charge in [0.2, 0.25) is 5.91 Å². The lowest BCUT2D eigenvalue weighted by Crippen LogP contribution is -2.48. The van der Waals surface area contributed by atoms with Gasteiger partial charge in [-0.1, -0.05) is 48.5 Å². The minimum Gasteiger partial charge on any atom is -0.334 e. The summed E-state index contributed by atoms with van der Waals surface area (Å²) in [6, 6.07) is 14.2. The molecule has 0 aromatic heterocycles. The van der Waals surface area contributed by atoms with Crippen LogP contribution in [0.25, 0.3) is 0 Å². The fourth-order valence-electron chi connectivity index (χ4n) is 2.41. The molecule has 2 rings (SSSR count). The number of carbonyl (C=O) groups is 2. The molecule has 0 aliphatic heterocycles. The molecule has 2 unspecified atom stereocenters. The summed E-state index contributed by atoms with van der Waals surface area (Å²) in [6.45, 7) is 3.71. The van der Waals surface area contributed by atoms with E-state index in [1.807, 2.05) is 30.3 Å². The third-order valence-electron chi connectivity index (χ3n) is 3.80. The van der Waals surface area contributed by atoms with Gasteiger partial charge >= 0.3 is 6.03 Å². The first-order valence-electron chi connectivity index (χ1n) is 8.10. The maximum Gasteiger partial charge on any atom is 0.321 e. The van der Waals surface area contributed by atoms with Crippen LogP contribution in [0.3, 0.4) is 0 Å². The highest BCUT2D eigenvalue weighted by Crippen LogP contribution is 2.16. The van der Waals surface area contributed by atoms with E-state index in [-0.39, 0.29) is 11.9 Å². The summed E-state index contributed by atoms with van der Waals surface area (Å²) in [5.41, 5.74) is 1.40. The maximum absolute atomic E-state index is 13.8. The lowest BCUT2D eigenvalue weighted by atomic mass is 10.1. The molecule has 3 amide bonds. The predicted molar refractivity (Wildman–Crippen MR) is 94.2 cm³/mol. The van der Waals surface area contributed by atoms with Crippen LogP contribution in [0.2, 0.25) is 0 Å². The summed E-state index contributed by atoms with van der Waals surface area (Å²) in [4.78, 5) is 23.9. The Morgan fingerprint density at radius 3 is 2.32 bits per heavy atom. The fraction of sp³-hybridized carbons (Fsp3) is 0.263. The number of halogens is 1. The van der Waals surface area contributed by atoms with Gasteiger partial charge < -0.3 is 5.32 Å². The molecule has 0 aliphatic rings. The van der Waals surface area contributed by atoms with Crippen LogP contribution in [0.4, 0.5) is 9.18 Å². The largest absolute Gasteiger partial charge is 0.334 e. The lowest BCUT2D eigenvalue weighted by molar-refractivity contribution is -0.121. The number of urea groups is 1. The molecule has 3 N–H and O–H groups in total. The summed E-state index contributed by atoms with van der Waals surface area (Å²) >= 11 is 0. The summed E-state index contributed by atoms with van der Waals surface area (Å²) in [5, 5.41) is 7.88. The Balaban J connectivity index is 1.81. The number of hydrogen-bond acceptors (Lipinski definition) is 3. The van der Waals surface area contributed by atoms with Crippen LogP contribution in [-0.4, -0.2) is 18.0 Å². The van der Waals surface area contributed by atoms with Gasteiger partial charge in [-0.15, -0.1) is 0 Å². The molecule has 25 heavy (non-hydrogen) atoms. The maximum atomic E-state index is 13.8. The van der Waals surface area contributed by atoms with Gasteiger partial charge in [0.15, 0.2) is 0 Å². The first-order valence-corrected chi connectivity index (χ1v) is 8.10. The van der Waals surface area contributed by atoms with Crippen molar-refractivity contribution in [2.75, 3.05) is 0 Å². The molecule has 132 valence electrons. The molecule has 0 bridgehead atoms. The van der Waals surface area contributed by atoms with Crippen LogP contribution in [0.5, 0.6) is 0 Å². The van der Waals surface area contributed by atoms with E-state index in [9.17, 15) is 14.0 Å². The Morgan fingerprint density at radius 2 is 1.64 bits per heavy atom. The van der Waals surface area contributed by atoms with Crippen LogP contribution in [-0.2, 0) is 11.3 Å². The van der Waals surface area contributed by atoms with E-state index in [0.717, 1.165) is 5.56 Å². The average molecular weight is 343 g/mol. The molecule has 2 aromatic carbocycles. The van der Waals surface area contributed by atoms with Gasteiger partial charge in [-0.25, -0.2) is 9.18 Å². The zero-order valence-corrected chi connectivity index (χ0v) is 14.3. The van der Waals surface area contributed by atoms with E-state index in [1.54, 1.807) is 32.0 Å². The van der Waals surface area contributed by atoms with Crippen molar-refractivity contribution in [3.8, 4) is 0 Å². The predicted octanol–water partition coefficient (Wildman–Crippen LogP) is 2.89. The molecular formula is C19H22FN3O2. The quantitative estimate of drug-likeness (QED) is 0.755. The Morgan fingerprint density at radius 1 is 1.00 bits per heavy atom. The van der Waals surface area contributed by atoms with Gasteiger partial charge in [0.05, 0.1) is 6.04 Å². The number of nitrogens with one attached hydrogen (secondary N) is 3. The summed E-state index contributed by atoms with van der Waals surface area (Å²) in [5.74, 6) is -0.815. The van der Waals surface area contributed by atoms with E-state index in [1.165, 1.54) is 6.07 Å². The first-order chi connectivity index (χ1) is 12.0. The molecular weight excluding hydrogens is 321 g/mol. The minimum atomic E-state index is -0.655. The monoisotopic (exact) mass is 343 g/mol. The van der Waals surface area contributed by atoms with Gasteiger partial charge in [-0.05, 0) is 25.5 Å². The third kappa shape index (κ3) is 5.69. The lowest BCUT2D eigenvalue weighted by Gasteiger charge is -2.20. The highest BCUT2D eigenvalue weighted by molar-refractivity contribution is 5.96. The number of rotatable bonds is 6. The first kappa shape index (κ1) is 18.6. The molecule has 0 saturated heterocycles. The number of hydrogen-bond donors (Lipinski definition) is 3. The zero-order valence-electron chi connectivity index (χ0n) is 14.3. The number of benzene rings is 2. The Labute approximate surface area is 146 Å². The summed E-state index contributed by atoms with van der Waals surface area (Å²) in [7, 11) is 0. The molecule has 6 heteroatoms. The highest BCUT2D eigenvalue weighted by Gasteiger charge is 2.19. The molecule has 5 nitrogen and oxygen atoms in total. The Hall–Kier alpha value is -2.73. The van der Waals surface area contributed by atoms with Crippen molar-refractivity contribution in [1.82, 2.24) is 16.0 Å². The van der Waals surface area contributed by atoms with Gasteiger partial charge in [-0.2, -0.15) is 0 Å².